The van der Waals surface area contributed by atoms with Gasteiger partial charge in [0.1, 0.15) is 17.5 Å². The summed E-state index contributed by atoms with van der Waals surface area (Å²) in [6, 6.07) is 7.50. The van der Waals surface area contributed by atoms with Crippen LogP contribution in [0, 0.1) is 12.7 Å². The van der Waals surface area contributed by atoms with E-state index in [2.05, 4.69) is 0 Å². The number of rotatable bonds is 5. The number of nitrogens with two attached hydrogens (primary N) is 1. The number of carbonyl (C=O) groups is 2. The number of amides is 3. The first-order chi connectivity index (χ1) is 14.1. The molecule has 30 heavy (non-hydrogen) atoms. The lowest BCUT2D eigenvalue weighted by molar-refractivity contribution is 0.0664. The molecule has 1 aliphatic heterocycles. The molecular formula is C21H23ClFN3O4. The van der Waals surface area contributed by atoms with E-state index < -0.39 is 29.6 Å². The summed E-state index contributed by atoms with van der Waals surface area (Å²) in [6.45, 7) is 4.77. The predicted molar refractivity (Wildman–Crippen MR) is 111 cm³/mol. The average Bonchev–Trinajstić information content (AvgIpc) is 2.87. The molecule has 3 amide bonds. The fourth-order valence-corrected chi connectivity index (χ4v) is 4.05. The van der Waals surface area contributed by atoms with E-state index in [0.717, 1.165) is 0 Å². The first-order valence-corrected chi connectivity index (χ1v) is 9.70. The van der Waals surface area contributed by atoms with E-state index in [4.69, 9.17) is 22.1 Å². The molecule has 0 bridgehead atoms. The second-order valence-corrected chi connectivity index (χ2v) is 8.04. The lowest BCUT2D eigenvalue weighted by atomic mass is 9.90. The Labute approximate surface area is 178 Å². The number of hydrogen-bond acceptors (Lipinski definition) is 4. The summed E-state index contributed by atoms with van der Waals surface area (Å²) < 4.78 is 20.3. The van der Waals surface area contributed by atoms with Crippen molar-refractivity contribution in [3.8, 4) is 0 Å². The summed E-state index contributed by atoms with van der Waals surface area (Å²) >= 11 is 6.01. The zero-order chi connectivity index (χ0) is 22.2. The number of anilines is 2. The van der Waals surface area contributed by atoms with Gasteiger partial charge in [-0.05, 0) is 62.7 Å². The van der Waals surface area contributed by atoms with Crippen molar-refractivity contribution in [3.05, 3.63) is 58.4 Å². The number of carbonyl (C=O) groups excluding carboxylic acids is 2. The molecule has 2 aromatic rings. The molecule has 1 heterocycles. The van der Waals surface area contributed by atoms with E-state index >= 15 is 0 Å². The van der Waals surface area contributed by atoms with Gasteiger partial charge in [0.2, 0.25) is 0 Å². The molecule has 0 radical (unpaired) electrons. The highest BCUT2D eigenvalue weighted by Gasteiger charge is 2.49. The van der Waals surface area contributed by atoms with E-state index in [1.165, 1.54) is 28.0 Å². The third-order valence-corrected chi connectivity index (χ3v) is 5.28. The van der Waals surface area contributed by atoms with Crippen LogP contribution >= 0.6 is 11.6 Å². The smallest absolute Gasteiger partial charge is 0.411 e. The molecule has 0 spiro atoms. The summed E-state index contributed by atoms with van der Waals surface area (Å²) in [5, 5.41) is 9.85. The standard InChI is InChI=1S/C21H23ClFN3O4/c1-12-10-13(22)4-7-17(12)26(19(24)28)14-5-6-16(23)15(11-14)18-21(2,3)30-20(29)25(18)8-9-27/h4-7,10-11,18,27H,8-9H2,1-3H3,(H2,24,28). The van der Waals surface area contributed by atoms with Crippen LogP contribution in [0.4, 0.5) is 25.4 Å². The van der Waals surface area contributed by atoms with Gasteiger partial charge in [-0.25, -0.2) is 14.0 Å². The number of β-amino-alcohol motifs (C(OH)–C–C–N with tert-alkyl or cyclic N) is 1. The van der Waals surface area contributed by atoms with Crippen LogP contribution in [0.15, 0.2) is 36.4 Å². The van der Waals surface area contributed by atoms with Crippen LogP contribution in [0.3, 0.4) is 0 Å². The number of cyclic esters (lactones) is 1. The Morgan fingerprint density at radius 1 is 1.33 bits per heavy atom. The van der Waals surface area contributed by atoms with Crippen LogP contribution in [0.5, 0.6) is 0 Å². The maximum Gasteiger partial charge on any atom is 0.411 e. The fraction of sp³-hybridized carbons (Fsp3) is 0.333. The van der Waals surface area contributed by atoms with Crippen molar-refractivity contribution in [2.75, 3.05) is 18.1 Å². The minimum atomic E-state index is -1.06. The highest BCUT2D eigenvalue weighted by atomic mass is 35.5. The lowest BCUT2D eigenvalue weighted by Crippen LogP contribution is -2.36. The minimum Gasteiger partial charge on any atom is -0.441 e. The van der Waals surface area contributed by atoms with Crippen LogP contribution < -0.4 is 10.6 Å². The van der Waals surface area contributed by atoms with Gasteiger partial charge >= 0.3 is 12.1 Å². The number of hydrogen-bond donors (Lipinski definition) is 2. The molecule has 2 aromatic carbocycles. The largest absolute Gasteiger partial charge is 0.441 e. The van der Waals surface area contributed by atoms with Gasteiger partial charge in [0.15, 0.2) is 0 Å². The normalized spacial score (nSPS) is 17.7. The molecule has 0 aromatic heterocycles. The van der Waals surface area contributed by atoms with Crippen LogP contribution in [-0.4, -0.2) is 40.9 Å². The van der Waals surface area contributed by atoms with Gasteiger partial charge in [-0.15, -0.1) is 0 Å². The van der Waals surface area contributed by atoms with Crippen molar-refractivity contribution < 1.29 is 23.8 Å². The Hall–Kier alpha value is -2.84. The number of aliphatic hydroxyl groups excluding tert-OH is 1. The Balaban J connectivity index is 2.13. The number of nitrogens with zero attached hydrogens (tertiary/aromatic N) is 2. The van der Waals surface area contributed by atoms with Crippen LogP contribution in [-0.2, 0) is 4.74 Å². The maximum atomic E-state index is 14.9. The number of ether oxygens (including phenoxy) is 1. The molecule has 0 saturated carbocycles. The highest BCUT2D eigenvalue weighted by Crippen LogP contribution is 2.43. The SMILES string of the molecule is Cc1cc(Cl)ccc1N(C(N)=O)c1ccc(F)c(C2N(CCO)C(=O)OC2(C)C)c1. The third-order valence-electron chi connectivity index (χ3n) is 5.05. The Kier molecular flexibility index (Phi) is 5.92. The molecule has 1 aliphatic rings. The van der Waals surface area contributed by atoms with Crippen molar-refractivity contribution >= 4 is 35.1 Å². The molecule has 1 saturated heterocycles. The average molecular weight is 436 g/mol. The maximum absolute atomic E-state index is 14.9. The van der Waals surface area contributed by atoms with Crippen LogP contribution in [0.25, 0.3) is 0 Å². The number of urea groups is 1. The molecule has 0 aliphatic carbocycles. The van der Waals surface area contributed by atoms with Crippen LogP contribution in [0.1, 0.15) is 31.0 Å². The van der Waals surface area contributed by atoms with Crippen molar-refractivity contribution in [3.63, 3.8) is 0 Å². The monoisotopic (exact) mass is 435 g/mol. The number of primary amides is 1. The van der Waals surface area contributed by atoms with Gasteiger partial charge < -0.3 is 15.6 Å². The Morgan fingerprint density at radius 2 is 2.03 bits per heavy atom. The van der Waals surface area contributed by atoms with Gasteiger partial charge in [0, 0.05) is 17.1 Å². The molecule has 160 valence electrons. The number of aliphatic hydroxyl groups is 1. The second-order valence-electron chi connectivity index (χ2n) is 7.60. The zero-order valence-electron chi connectivity index (χ0n) is 16.9. The molecular weight excluding hydrogens is 413 g/mol. The van der Waals surface area contributed by atoms with Gasteiger partial charge in [-0.2, -0.15) is 0 Å². The summed E-state index contributed by atoms with van der Waals surface area (Å²) in [7, 11) is 0. The quantitative estimate of drug-likeness (QED) is 0.733. The molecule has 3 rings (SSSR count). The zero-order valence-corrected chi connectivity index (χ0v) is 17.6. The molecule has 7 nitrogen and oxygen atoms in total. The van der Waals surface area contributed by atoms with Crippen molar-refractivity contribution in [2.24, 2.45) is 5.73 Å². The molecule has 1 unspecified atom stereocenters. The topological polar surface area (TPSA) is 96.1 Å². The third kappa shape index (κ3) is 3.93. The van der Waals surface area contributed by atoms with E-state index in [0.29, 0.717) is 22.0 Å². The van der Waals surface area contributed by atoms with Crippen molar-refractivity contribution in [1.82, 2.24) is 4.90 Å². The van der Waals surface area contributed by atoms with Gasteiger partial charge in [0.05, 0.1) is 18.0 Å². The predicted octanol–water partition coefficient (Wildman–Crippen LogP) is 4.27. The van der Waals surface area contributed by atoms with Crippen molar-refractivity contribution in [2.45, 2.75) is 32.4 Å². The van der Waals surface area contributed by atoms with Crippen LogP contribution in [0.2, 0.25) is 5.02 Å². The fourth-order valence-electron chi connectivity index (χ4n) is 3.83. The number of aryl methyl sites for hydroxylation is 1. The first-order valence-electron chi connectivity index (χ1n) is 9.32. The minimum absolute atomic E-state index is 0.0214. The van der Waals surface area contributed by atoms with E-state index in [1.54, 1.807) is 39.0 Å². The number of halogens is 2. The number of benzene rings is 2. The van der Waals surface area contributed by atoms with Gasteiger partial charge in [0.25, 0.3) is 0 Å². The van der Waals surface area contributed by atoms with Gasteiger partial charge in [-0.1, -0.05) is 11.6 Å². The molecule has 1 atom stereocenters. The second kappa shape index (κ2) is 8.12. The molecule has 9 heteroatoms. The van der Waals surface area contributed by atoms with E-state index in [9.17, 15) is 19.1 Å². The first kappa shape index (κ1) is 21.9. The highest BCUT2D eigenvalue weighted by molar-refractivity contribution is 6.30. The van der Waals surface area contributed by atoms with E-state index in [-0.39, 0.29) is 18.7 Å². The van der Waals surface area contributed by atoms with E-state index in [1.807, 2.05) is 0 Å². The summed E-state index contributed by atoms with van der Waals surface area (Å²) in [6.07, 6.45) is -0.649. The molecule has 1 fully saturated rings. The Bertz CT molecular complexity index is 998. The molecule has 3 N–H and O–H groups in total. The van der Waals surface area contributed by atoms with Crippen molar-refractivity contribution in [1.29, 1.82) is 0 Å². The summed E-state index contributed by atoms with van der Waals surface area (Å²) in [5.74, 6) is -0.574. The summed E-state index contributed by atoms with van der Waals surface area (Å²) in [4.78, 5) is 27.1. The Morgan fingerprint density at radius 3 is 2.63 bits per heavy atom. The lowest BCUT2D eigenvalue weighted by Gasteiger charge is -2.30. The summed E-state index contributed by atoms with van der Waals surface area (Å²) in [5.41, 5.74) is 6.25. The van der Waals surface area contributed by atoms with Gasteiger partial charge in [-0.3, -0.25) is 9.80 Å².